The highest BCUT2D eigenvalue weighted by Gasteiger charge is 2.18. The van der Waals surface area contributed by atoms with Gasteiger partial charge in [0.2, 0.25) is 5.91 Å². The summed E-state index contributed by atoms with van der Waals surface area (Å²) in [6, 6.07) is 18.3. The van der Waals surface area contributed by atoms with E-state index in [1.54, 1.807) is 0 Å². The number of carbonyl (C=O) groups excluding carboxylic acids is 1. The third kappa shape index (κ3) is 5.50. The number of nitrogens with one attached hydrogen (secondary N) is 1. The zero-order valence-electron chi connectivity index (χ0n) is 14.8. The molecule has 0 aliphatic carbocycles. The Bertz CT molecular complexity index is 620. The van der Waals surface area contributed by atoms with Crippen molar-refractivity contribution in [3.63, 3.8) is 0 Å². The van der Waals surface area contributed by atoms with Gasteiger partial charge in [-0.3, -0.25) is 4.79 Å². The van der Waals surface area contributed by atoms with Crippen LogP contribution in [0.4, 0.5) is 0 Å². The van der Waals surface area contributed by atoms with Crippen LogP contribution in [0.25, 0.3) is 0 Å². The minimum Gasteiger partial charge on any atom is -0.367 e. The standard InChI is InChI=1S/C21H27NO2/c1-4-17-10-12-19(13-11-17)21(16(2)3)22-20(23)15-24-14-18-8-6-5-7-9-18/h5-13,16,21H,4,14-15H2,1-3H3,(H,22,23). The van der Waals surface area contributed by atoms with Crippen LogP contribution in [0.2, 0.25) is 0 Å². The average molecular weight is 325 g/mol. The maximum Gasteiger partial charge on any atom is 0.246 e. The summed E-state index contributed by atoms with van der Waals surface area (Å²) in [7, 11) is 0. The lowest BCUT2D eigenvalue weighted by atomic mass is 9.95. The van der Waals surface area contributed by atoms with Gasteiger partial charge in [-0.25, -0.2) is 0 Å². The molecular formula is C21H27NO2. The number of ether oxygens (including phenoxy) is 1. The predicted octanol–water partition coefficient (Wildman–Crippen LogP) is 4.28. The van der Waals surface area contributed by atoms with Crippen molar-refractivity contribution >= 4 is 5.91 Å². The van der Waals surface area contributed by atoms with Gasteiger partial charge >= 0.3 is 0 Å². The highest BCUT2D eigenvalue weighted by atomic mass is 16.5. The van der Waals surface area contributed by atoms with Crippen LogP contribution in [-0.2, 0) is 22.6 Å². The van der Waals surface area contributed by atoms with E-state index in [9.17, 15) is 4.79 Å². The normalized spacial score (nSPS) is 12.2. The molecule has 0 radical (unpaired) electrons. The third-order valence-electron chi connectivity index (χ3n) is 4.07. The number of carbonyl (C=O) groups is 1. The van der Waals surface area contributed by atoms with Crippen molar-refractivity contribution in [1.82, 2.24) is 5.32 Å². The van der Waals surface area contributed by atoms with Gasteiger partial charge in [0.15, 0.2) is 0 Å². The molecule has 0 heterocycles. The Morgan fingerprint density at radius 2 is 1.67 bits per heavy atom. The molecule has 0 saturated heterocycles. The van der Waals surface area contributed by atoms with Gasteiger partial charge in [-0.1, -0.05) is 75.4 Å². The van der Waals surface area contributed by atoms with Crippen LogP contribution in [-0.4, -0.2) is 12.5 Å². The molecule has 2 aromatic rings. The molecule has 1 amide bonds. The number of benzene rings is 2. The van der Waals surface area contributed by atoms with E-state index in [1.165, 1.54) is 5.56 Å². The number of aryl methyl sites for hydroxylation is 1. The lowest BCUT2D eigenvalue weighted by Gasteiger charge is -2.23. The molecule has 24 heavy (non-hydrogen) atoms. The SMILES string of the molecule is CCc1ccc(C(NC(=O)COCc2ccccc2)C(C)C)cc1. The first kappa shape index (κ1) is 18.2. The number of hydrogen-bond donors (Lipinski definition) is 1. The molecule has 1 N–H and O–H groups in total. The molecule has 0 aliphatic heterocycles. The highest BCUT2D eigenvalue weighted by Crippen LogP contribution is 2.22. The second-order valence-electron chi connectivity index (χ2n) is 6.36. The van der Waals surface area contributed by atoms with Gasteiger partial charge in [0, 0.05) is 0 Å². The number of amides is 1. The molecule has 0 aliphatic rings. The maximum absolute atomic E-state index is 12.2. The predicted molar refractivity (Wildman–Crippen MR) is 97.6 cm³/mol. The van der Waals surface area contributed by atoms with E-state index in [4.69, 9.17) is 4.74 Å². The molecule has 0 spiro atoms. The summed E-state index contributed by atoms with van der Waals surface area (Å²) in [4.78, 5) is 12.2. The second kappa shape index (κ2) is 9.24. The Kier molecular flexibility index (Phi) is 7.01. The van der Waals surface area contributed by atoms with Gasteiger partial charge in [-0.15, -0.1) is 0 Å². The van der Waals surface area contributed by atoms with Gasteiger partial charge in [0.05, 0.1) is 12.6 Å². The summed E-state index contributed by atoms with van der Waals surface area (Å²) in [5.41, 5.74) is 3.51. The van der Waals surface area contributed by atoms with Crippen molar-refractivity contribution < 1.29 is 9.53 Å². The van der Waals surface area contributed by atoms with Gasteiger partial charge in [-0.2, -0.15) is 0 Å². The molecule has 0 aromatic heterocycles. The van der Waals surface area contributed by atoms with Crippen LogP contribution in [0.3, 0.4) is 0 Å². The van der Waals surface area contributed by atoms with Crippen LogP contribution in [0.15, 0.2) is 54.6 Å². The molecule has 1 atom stereocenters. The summed E-state index contributed by atoms with van der Waals surface area (Å²) >= 11 is 0. The van der Waals surface area contributed by atoms with Crippen molar-refractivity contribution in [1.29, 1.82) is 0 Å². The number of rotatable bonds is 8. The monoisotopic (exact) mass is 325 g/mol. The van der Waals surface area contributed by atoms with Gasteiger partial charge in [0.1, 0.15) is 6.61 Å². The molecule has 0 saturated carbocycles. The zero-order chi connectivity index (χ0) is 17.4. The van der Waals surface area contributed by atoms with Crippen molar-refractivity contribution in [2.75, 3.05) is 6.61 Å². The van der Waals surface area contributed by atoms with Gasteiger partial charge < -0.3 is 10.1 Å². The van der Waals surface area contributed by atoms with E-state index >= 15 is 0 Å². The molecule has 3 heteroatoms. The minimum atomic E-state index is -0.0794. The first-order valence-corrected chi connectivity index (χ1v) is 8.60. The average Bonchev–Trinajstić information content (AvgIpc) is 2.60. The Morgan fingerprint density at radius 1 is 1.00 bits per heavy atom. The Morgan fingerprint density at radius 3 is 2.25 bits per heavy atom. The zero-order valence-corrected chi connectivity index (χ0v) is 14.8. The minimum absolute atomic E-state index is 0.00346. The van der Waals surface area contributed by atoms with Crippen LogP contribution >= 0.6 is 0 Å². The van der Waals surface area contributed by atoms with Crippen molar-refractivity contribution in [2.45, 2.75) is 39.8 Å². The van der Waals surface area contributed by atoms with E-state index in [2.05, 4.69) is 50.4 Å². The summed E-state index contributed by atoms with van der Waals surface area (Å²) in [5.74, 6) is 0.236. The summed E-state index contributed by atoms with van der Waals surface area (Å²) < 4.78 is 5.52. The molecule has 2 rings (SSSR count). The second-order valence-corrected chi connectivity index (χ2v) is 6.36. The smallest absolute Gasteiger partial charge is 0.246 e. The first-order chi connectivity index (χ1) is 11.6. The first-order valence-electron chi connectivity index (χ1n) is 8.60. The van der Waals surface area contributed by atoms with Gasteiger partial charge in [-0.05, 0) is 29.0 Å². The Labute approximate surface area is 145 Å². The molecule has 1 unspecified atom stereocenters. The van der Waals surface area contributed by atoms with E-state index in [1.807, 2.05) is 30.3 Å². The fourth-order valence-corrected chi connectivity index (χ4v) is 2.65. The molecule has 2 aromatic carbocycles. The van der Waals surface area contributed by atoms with Crippen LogP contribution in [0, 0.1) is 5.92 Å². The van der Waals surface area contributed by atoms with E-state index < -0.39 is 0 Å². The Hall–Kier alpha value is -2.13. The Balaban J connectivity index is 1.88. The van der Waals surface area contributed by atoms with Crippen LogP contribution in [0.5, 0.6) is 0 Å². The molecule has 0 fully saturated rings. The topological polar surface area (TPSA) is 38.3 Å². The fourth-order valence-electron chi connectivity index (χ4n) is 2.65. The van der Waals surface area contributed by atoms with Gasteiger partial charge in [0.25, 0.3) is 0 Å². The quantitative estimate of drug-likeness (QED) is 0.787. The summed E-state index contributed by atoms with van der Waals surface area (Å²) in [6.07, 6.45) is 1.02. The fraction of sp³-hybridized carbons (Fsp3) is 0.381. The lowest BCUT2D eigenvalue weighted by molar-refractivity contribution is -0.127. The summed E-state index contributed by atoms with van der Waals surface area (Å²) in [6.45, 7) is 6.89. The van der Waals surface area contributed by atoms with E-state index in [0.29, 0.717) is 12.5 Å². The largest absolute Gasteiger partial charge is 0.367 e. The van der Waals surface area contributed by atoms with E-state index in [-0.39, 0.29) is 18.6 Å². The summed E-state index contributed by atoms with van der Waals surface area (Å²) in [5, 5.41) is 3.09. The highest BCUT2D eigenvalue weighted by molar-refractivity contribution is 5.77. The van der Waals surface area contributed by atoms with Crippen molar-refractivity contribution in [3.05, 3.63) is 71.3 Å². The maximum atomic E-state index is 12.2. The molecule has 3 nitrogen and oxygen atoms in total. The van der Waals surface area contributed by atoms with E-state index in [0.717, 1.165) is 17.5 Å². The van der Waals surface area contributed by atoms with Crippen molar-refractivity contribution in [3.8, 4) is 0 Å². The van der Waals surface area contributed by atoms with Crippen molar-refractivity contribution in [2.24, 2.45) is 5.92 Å². The molecule has 128 valence electrons. The molecule has 0 bridgehead atoms. The van der Waals surface area contributed by atoms with Crippen LogP contribution < -0.4 is 5.32 Å². The number of hydrogen-bond acceptors (Lipinski definition) is 2. The molecular weight excluding hydrogens is 298 g/mol. The third-order valence-corrected chi connectivity index (χ3v) is 4.07. The van der Waals surface area contributed by atoms with Crippen LogP contribution in [0.1, 0.15) is 43.5 Å². The lowest BCUT2D eigenvalue weighted by Crippen LogP contribution is -2.34.